The summed E-state index contributed by atoms with van der Waals surface area (Å²) in [7, 11) is 0. The molecule has 1 aromatic rings. The van der Waals surface area contributed by atoms with E-state index in [4.69, 9.17) is 6.42 Å². The second-order valence-corrected chi connectivity index (χ2v) is 4.23. The molecule has 0 aliphatic rings. The molecular weight excluding hydrogens is 232 g/mol. The fourth-order valence-electron chi connectivity index (χ4n) is 0.855. The van der Waals surface area contributed by atoms with Crippen LogP contribution < -0.4 is 0 Å². The van der Waals surface area contributed by atoms with Gasteiger partial charge in [-0.15, -0.1) is 18.2 Å². The van der Waals surface area contributed by atoms with E-state index in [-0.39, 0.29) is 0 Å². The molecule has 0 nitrogen and oxygen atoms in total. The molecule has 0 spiro atoms. The lowest BCUT2D eigenvalue weighted by Crippen LogP contribution is -1.80. The molecule has 2 heteroatoms. The van der Waals surface area contributed by atoms with E-state index in [1.165, 1.54) is 5.56 Å². The van der Waals surface area contributed by atoms with Gasteiger partial charge in [-0.05, 0) is 17.7 Å². The van der Waals surface area contributed by atoms with Gasteiger partial charge in [0.1, 0.15) is 0 Å². The normalized spacial score (nSPS) is 9.33. The molecule has 0 N–H and O–H groups in total. The summed E-state index contributed by atoms with van der Waals surface area (Å²) in [6, 6.07) is 8.28. The van der Waals surface area contributed by atoms with Crippen molar-refractivity contribution in [3.05, 3.63) is 34.3 Å². The maximum atomic E-state index is 5.14. The van der Waals surface area contributed by atoms with E-state index in [0.717, 1.165) is 16.0 Å². The summed E-state index contributed by atoms with van der Waals surface area (Å²) < 4.78 is 1.13. The first-order chi connectivity index (χ1) is 5.83. The van der Waals surface area contributed by atoms with Gasteiger partial charge in [-0.25, -0.2) is 0 Å². The van der Waals surface area contributed by atoms with Crippen molar-refractivity contribution < 1.29 is 0 Å². The number of rotatable bonds is 3. The first-order valence-electron chi connectivity index (χ1n) is 3.58. The fourth-order valence-corrected chi connectivity index (χ4v) is 1.94. The van der Waals surface area contributed by atoms with Crippen molar-refractivity contribution >= 4 is 27.7 Å². The number of terminal acetylenes is 1. The summed E-state index contributed by atoms with van der Waals surface area (Å²) in [6.07, 6.45) is 5.14. The van der Waals surface area contributed by atoms with Crippen molar-refractivity contribution in [3.8, 4) is 12.3 Å². The van der Waals surface area contributed by atoms with Gasteiger partial charge in [0.05, 0.1) is 5.75 Å². The third-order valence-electron chi connectivity index (χ3n) is 1.34. The third-order valence-corrected chi connectivity index (χ3v) is 2.74. The number of halogens is 1. The molecule has 0 radical (unpaired) electrons. The molecule has 0 aromatic heterocycles. The Morgan fingerprint density at radius 1 is 1.50 bits per heavy atom. The number of hydrogen-bond donors (Lipinski definition) is 0. The van der Waals surface area contributed by atoms with Crippen LogP contribution in [0.4, 0.5) is 0 Å². The average Bonchev–Trinajstić information content (AvgIpc) is 2.05. The van der Waals surface area contributed by atoms with Crippen LogP contribution in [0, 0.1) is 12.3 Å². The molecule has 0 saturated heterocycles. The lowest BCUT2D eigenvalue weighted by molar-refractivity contribution is 1.40. The number of thioether (sulfide) groups is 1. The van der Waals surface area contributed by atoms with Gasteiger partial charge in [-0.2, -0.15) is 0 Å². The van der Waals surface area contributed by atoms with Gasteiger partial charge in [0.25, 0.3) is 0 Å². The Bertz CT molecular complexity index is 288. The first-order valence-corrected chi connectivity index (χ1v) is 5.53. The lowest BCUT2D eigenvalue weighted by atomic mass is 10.2. The number of hydrogen-bond acceptors (Lipinski definition) is 1. The van der Waals surface area contributed by atoms with E-state index in [9.17, 15) is 0 Å². The second kappa shape index (κ2) is 5.29. The molecule has 0 amide bonds. The van der Waals surface area contributed by atoms with Crippen molar-refractivity contribution in [2.75, 3.05) is 5.75 Å². The molecule has 0 atom stereocenters. The summed E-state index contributed by atoms with van der Waals surface area (Å²) in [6.45, 7) is 0. The van der Waals surface area contributed by atoms with Crippen LogP contribution >= 0.6 is 27.7 Å². The van der Waals surface area contributed by atoms with Gasteiger partial charge in [0, 0.05) is 10.2 Å². The van der Waals surface area contributed by atoms with Crippen LogP contribution in [-0.4, -0.2) is 5.75 Å². The van der Waals surface area contributed by atoms with Gasteiger partial charge in [0.15, 0.2) is 0 Å². The monoisotopic (exact) mass is 240 g/mol. The molecule has 0 aliphatic carbocycles. The van der Waals surface area contributed by atoms with Gasteiger partial charge < -0.3 is 0 Å². The average molecular weight is 241 g/mol. The zero-order valence-electron chi connectivity index (χ0n) is 6.59. The van der Waals surface area contributed by atoms with Crippen LogP contribution in [0.2, 0.25) is 0 Å². The largest absolute Gasteiger partial charge is 0.144 e. The molecule has 0 saturated carbocycles. The fraction of sp³-hybridized carbons (Fsp3) is 0.200. The molecule has 0 aliphatic heterocycles. The van der Waals surface area contributed by atoms with Gasteiger partial charge in [-0.3, -0.25) is 0 Å². The lowest BCUT2D eigenvalue weighted by Gasteiger charge is -1.98. The van der Waals surface area contributed by atoms with E-state index in [1.54, 1.807) is 11.8 Å². The van der Waals surface area contributed by atoms with Crippen molar-refractivity contribution in [1.82, 2.24) is 0 Å². The predicted molar refractivity (Wildman–Crippen MR) is 59.1 cm³/mol. The highest BCUT2D eigenvalue weighted by molar-refractivity contribution is 9.10. The van der Waals surface area contributed by atoms with Crippen LogP contribution in [0.1, 0.15) is 5.56 Å². The first kappa shape index (κ1) is 9.70. The maximum Gasteiger partial charge on any atom is 0.0548 e. The maximum absolute atomic E-state index is 5.14. The summed E-state index contributed by atoms with van der Waals surface area (Å²) in [4.78, 5) is 0. The minimum absolute atomic E-state index is 0.784. The molecule has 1 aromatic carbocycles. The van der Waals surface area contributed by atoms with Crippen molar-refractivity contribution in [3.63, 3.8) is 0 Å². The van der Waals surface area contributed by atoms with Crippen LogP contribution in [-0.2, 0) is 5.75 Å². The Morgan fingerprint density at radius 2 is 2.33 bits per heavy atom. The zero-order chi connectivity index (χ0) is 8.81. The van der Waals surface area contributed by atoms with Crippen LogP contribution in [0.3, 0.4) is 0 Å². The summed E-state index contributed by atoms with van der Waals surface area (Å²) >= 11 is 5.18. The van der Waals surface area contributed by atoms with E-state index in [1.807, 2.05) is 12.1 Å². The van der Waals surface area contributed by atoms with Gasteiger partial charge in [-0.1, -0.05) is 34.0 Å². The number of benzene rings is 1. The highest BCUT2D eigenvalue weighted by Gasteiger charge is 1.92. The smallest absolute Gasteiger partial charge is 0.0548 e. The molecule has 0 bridgehead atoms. The van der Waals surface area contributed by atoms with E-state index in [2.05, 4.69) is 34.0 Å². The molecular formula is C10H9BrS. The summed E-state index contributed by atoms with van der Waals surface area (Å²) in [5.74, 6) is 4.38. The van der Waals surface area contributed by atoms with E-state index in [0.29, 0.717) is 0 Å². The predicted octanol–water partition coefficient (Wildman–Crippen LogP) is 3.32. The molecule has 1 rings (SSSR count). The van der Waals surface area contributed by atoms with Crippen LogP contribution in [0.15, 0.2) is 28.7 Å². The third kappa shape index (κ3) is 3.34. The Hall–Kier alpha value is -0.390. The topological polar surface area (TPSA) is 0 Å². The van der Waals surface area contributed by atoms with E-state index >= 15 is 0 Å². The highest BCUT2D eigenvalue weighted by Crippen LogP contribution is 2.16. The highest BCUT2D eigenvalue weighted by atomic mass is 79.9. The van der Waals surface area contributed by atoms with Gasteiger partial charge in [0.2, 0.25) is 0 Å². The van der Waals surface area contributed by atoms with Gasteiger partial charge >= 0.3 is 0 Å². The van der Waals surface area contributed by atoms with Crippen LogP contribution in [0.5, 0.6) is 0 Å². The van der Waals surface area contributed by atoms with Crippen LogP contribution in [0.25, 0.3) is 0 Å². The Kier molecular flexibility index (Phi) is 4.27. The molecule has 0 fully saturated rings. The quantitative estimate of drug-likeness (QED) is 0.577. The molecule has 0 heterocycles. The summed E-state index contributed by atoms with van der Waals surface area (Å²) in [5.41, 5.74) is 1.31. The Morgan fingerprint density at radius 3 is 3.00 bits per heavy atom. The van der Waals surface area contributed by atoms with Crippen molar-refractivity contribution in [2.45, 2.75) is 5.75 Å². The molecule has 12 heavy (non-hydrogen) atoms. The zero-order valence-corrected chi connectivity index (χ0v) is 8.99. The van der Waals surface area contributed by atoms with E-state index < -0.39 is 0 Å². The SMILES string of the molecule is C#CCSCc1cccc(Br)c1. The molecule has 62 valence electrons. The second-order valence-electron chi connectivity index (χ2n) is 2.33. The molecule has 0 unspecified atom stereocenters. The summed E-state index contributed by atoms with van der Waals surface area (Å²) in [5, 5.41) is 0. The minimum Gasteiger partial charge on any atom is -0.144 e. The Balaban J connectivity index is 2.48. The van der Waals surface area contributed by atoms with Crippen molar-refractivity contribution in [2.24, 2.45) is 0 Å². The Labute approximate surface area is 85.9 Å². The van der Waals surface area contributed by atoms with Crippen molar-refractivity contribution in [1.29, 1.82) is 0 Å². The minimum atomic E-state index is 0.784. The standard InChI is InChI=1S/C10H9BrS/c1-2-6-12-8-9-4-3-5-10(11)7-9/h1,3-5,7H,6,8H2.